The molecule has 108 valence electrons. The fourth-order valence-corrected chi connectivity index (χ4v) is 2.57. The standard InChI is InChI=1S/C13H19N3S.2ClH/c1-3-17-13(14)15-12-5-4-10-6-7-16(2)9-11(10)8-12;;/h4-5,8H,3,6-7,9H2,1-2H3,(H2,14,15);2*1H. The minimum Gasteiger partial charge on any atom is -0.335 e. The van der Waals surface area contributed by atoms with Crippen molar-refractivity contribution in [1.29, 1.82) is 5.41 Å². The van der Waals surface area contributed by atoms with Crippen LogP contribution in [0.15, 0.2) is 18.2 Å². The molecular weight excluding hydrogens is 301 g/mol. The number of anilines is 1. The van der Waals surface area contributed by atoms with Crippen LogP contribution in [-0.4, -0.2) is 29.4 Å². The van der Waals surface area contributed by atoms with Gasteiger partial charge in [0.1, 0.15) is 0 Å². The Hall–Kier alpha value is -0.420. The maximum absolute atomic E-state index is 7.75. The first-order valence-electron chi connectivity index (χ1n) is 5.97. The van der Waals surface area contributed by atoms with Crippen molar-refractivity contribution in [2.45, 2.75) is 19.9 Å². The van der Waals surface area contributed by atoms with Gasteiger partial charge >= 0.3 is 0 Å². The molecule has 0 bridgehead atoms. The molecule has 0 saturated heterocycles. The highest BCUT2D eigenvalue weighted by Gasteiger charge is 2.13. The molecule has 0 amide bonds. The van der Waals surface area contributed by atoms with E-state index in [1.165, 1.54) is 22.9 Å². The Morgan fingerprint density at radius 2 is 2.11 bits per heavy atom. The van der Waals surface area contributed by atoms with Gasteiger partial charge in [-0.2, -0.15) is 0 Å². The smallest absolute Gasteiger partial charge is 0.158 e. The van der Waals surface area contributed by atoms with Crippen LogP contribution in [0.4, 0.5) is 5.69 Å². The predicted molar refractivity (Wildman–Crippen MR) is 90.5 cm³/mol. The number of thioether (sulfide) groups is 1. The molecule has 0 fully saturated rings. The second kappa shape index (κ2) is 8.69. The summed E-state index contributed by atoms with van der Waals surface area (Å²) in [6.07, 6.45) is 1.13. The first kappa shape index (κ1) is 18.6. The molecule has 19 heavy (non-hydrogen) atoms. The molecular formula is C13H21Cl2N3S. The SMILES string of the molecule is CCSC(=N)Nc1ccc2c(c1)CN(C)CC2.Cl.Cl. The Kier molecular flexibility index (Phi) is 8.50. The van der Waals surface area contributed by atoms with Crippen molar-refractivity contribution in [2.75, 3.05) is 24.7 Å². The van der Waals surface area contributed by atoms with E-state index in [2.05, 4.69) is 42.4 Å². The number of halogens is 2. The number of hydrogen-bond donors (Lipinski definition) is 2. The van der Waals surface area contributed by atoms with Gasteiger partial charge in [-0.15, -0.1) is 24.8 Å². The van der Waals surface area contributed by atoms with Crippen molar-refractivity contribution in [1.82, 2.24) is 4.90 Å². The van der Waals surface area contributed by atoms with E-state index in [9.17, 15) is 0 Å². The number of likely N-dealkylation sites (N-methyl/N-ethyl adjacent to an activating group) is 1. The maximum Gasteiger partial charge on any atom is 0.158 e. The van der Waals surface area contributed by atoms with Crippen molar-refractivity contribution in [3.8, 4) is 0 Å². The fraction of sp³-hybridized carbons (Fsp3) is 0.462. The molecule has 0 aliphatic carbocycles. The highest BCUT2D eigenvalue weighted by atomic mass is 35.5. The van der Waals surface area contributed by atoms with Crippen molar-refractivity contribution in [3.63, 3.8) is 0 Å². The third-order valence-corrected chi connectivity index (χ3v) is 3.64. The summed E-state index contributed by atoms with van der Waals surface area (Å²) >= 11 is 1.53. The molecule has 1 aliphatic rings. The van der Waals surface area contributed by atoms with Gasteiger partial charge in [0.25, 0.3) is 0 Å². The Balaban J connectivity index is 0.00000162. The van der Waals surface area contributed by atoms with Crippen LogP contribution >= 0.6 is 36.6 Å². The molecule has 0 spiro atoms. The molecule has 6 heteroatoms. The molecule has 3 nitrogen and oxygen atoms in total. The zero-order valence-electron chi connectivity index (χ0n) is 11.2. The van der Waals surface area contributed by atoms with Gasteiger partial charge in [-0.05, 0) is 42.5 Å². The van der Waals surface area contributed by atoms with Gasteiger partial charge in [0, 0.05) is 18.8 Å². The number of fused-ring (bicyclic) bond motifs is 1. The van der Waals surface area contributed by atoms with E-state index in [1.54, 1.807) is 0 Å². The summed E-state index contributed by atoms with van der Waals surface area (Å²) in [5, 5.41) is 11.4. The molecule has 0 atom stereocenters. The minimum atomic E-state index is 0. The van der Waals surface area contributed by atoms with Gasteiger partial charge in [0.05, 0.1) is 0 Å². The Labute approximate surface area is 131 Å². The van der Waals surface area contributed by atoms with Crippen LogP contribution in [0.3, 0.4) is 0 Å². The lowest BCUT2D eigenvalue weighted by molar-refractivity contribution is 0.313. The van der Waals surface area contributed by atoms with Crippen LogP contribution in [0.5, 0.6) is 0 Å². The minimum absolute atomic E-state index is 0. The summed E-state index contributed by atoms with van der Waals surface area (Å²) < 4.78 is 0. The number of benzene rings is 1. The topological polar surface area (TPSA) is 39.1 Å². The number of nitrogens with one attached hydrogen (secondary N) is 2. The lowest BCUT2D eigenvalue weighted by atomic mass is 9.99. The highest BCUT2D eigenvalue weighted by molar-refractivity contribution is 8.14. The zero-order chi connectivity index (χ0) is 12.3. The summed E-state index contributed by atoms with van der Waals surface area (Å²) in [4.78, 5) is 2.33. The molecule has 1 heterocycles. The first-order valence-corrected chi connectivity index (χ1v) is 6.96. The summed E-state index contributed by atoms with van der Waals surface area (Å²) in [5.41, 5.74) is 3.87. The van der Waals surface area contributed by atoms with Crippen LogP contribution in [0, 0.1) is 5.41 Å². The number of hydrogen-bond acceptors (Lipinski definition) is 3. The van der Waals surface area contributed by atoms with E-state index in [1.807, 2.05) is 0 Å². The second-order valence-corrected chi connectivity index (χ2v) is 5.63. The van der Waals surface area contributed by atoms with E-state index in [0.717, 1.165) is 31.0 Å². The molecule has 0 aromatic heterocycles. The Morgan fingerprint density at radius 1 is 1.37 bits per heavy atom. The van der Waals surface area contributed by atoms with Crippen molar-refractivity contribution < 1.29 is 0 Å². The van der Waals surface area contributed by atoms with E-state index in [4.69, 9.17) is 5.41 Å². The normalized spacial score (nSPS) is 13.8. The monoisotopic (exact) mass is 321 g/mol. The molecule has 1 aromatic carbocycles. The average molecular weight is 322 g/mol. The summed E-state index contributed by atoms with van der Waals surface area (Å²) in [6, 6.07) is 6.44. The van der Waals surface area contributed by atoms with E-state index in [-0.39, 0.29) is 24.8 Å². The molecule has 0 radical (unpaired) electrons. The third kappa shape index (κ3) is 5.22. The van der Waals surface area contributed by atoms with Gasteiger partial charge in [-0.25, -0.2) is 0 Å². The fourth-order valence-electron chi connectivity index (χ4n) is 2.09. The van der Waals surface area contributed by atoms with Gasteiger partial charge in [-0.3, -0.25) is 5.41 Å². The van der Waals surface area contributed by atoms with Crippen LogP contribution in [-0.2, 0) is 13.0 Å². The van der Waals surface area contributed by atoms with E-state index >= 15 is 0 Å². The third-order valence-electron chi connectivity index (χ3n) is 2.96. The number of amidine groups is 1. The number of nitrogens with zero attached hydrogens (tertiary/aromatic N) is 1. The molecule has 1 aliphatic heterocycles. The zero-order valence-corrected chi connectivity index (χ0v) is 13.7. The summed E-state index contributed by atoms with van der Waals surface area (Å²) in [6.45, 7) is 4.21. The van der Waals surface area contributed by atoms with Crippen LogP contribution < -0.4 is 5.32 Å². The highest BCUT2D eigenvalue weighted by Crippen LogP contribution is 2.22. The second-order valence-electron chi connectivity index (χ2n) is 4.36. The average Bonchev–Trinajstić information content (AvgIpc) is 2.28. The predicted octanol–water partition coefficient (Wildman–Crippen LogP) is 3.62. The quantitative estimate of drug-likeness (QED) is 0.645. The van der Waals surface area contributed by atoms with Crippen molar-refractivity contribution >= 4 is 47.4 Å². The van der Waals surface area contributed by atoms with Crippen molar-refractivity contribution in [2.24, 2.45) is 0 Å². The van der Waals surface area contributed by atoms with Gasteiger partial charge in [0.15, 0.2) is 5.17 Å². The lowest BCUT2D eigenvalue weighted by Crippen LogP contribution is -2.26. The van der Waals surface area contributed by atoms with Gasteiger partial charge in [-0.1, -0.05) is 24.8 Å². The van der Waals surface area contributed by atoms with Gasteiger partial charge in [0.2, 0.25) is 0 Å². The molecule has 1 aromatic rings. The summed E-state index contributed by atoms with van der Waals surface area (Å²) in [7, 11) is 2.15. The summed E-state index contributed by atoms with van der Waals surface area (Å²) in [5.74, 6) is 0.930. The Bertz CT molecular complexity index is 426. The first-order chi connectivity index (χ1) is 8.19. The lowest BCUT2D eigenvalue weighted by Gasteiger charge is -2.25. The van der Waals surface area contributed by atoms with Crippen LogP contribution in [0.2, 0.25) is 0 Å². The van der Waals surface area contributed by atoms with Crippen molar-refractivity contribution in [3.05, 3.63) is 29.3 Å². The van der Waals surface area contributed by atoms with E-state index < -0.39 is 0 Å². The maximum atomic E-state index is 7.75. The Morgan fingerprint density at radius 3 is 2.79 bits per heavy atom. The molecule has 2 rings (SSSR count). The van der Waals surface area contributed by atoms with E-state index in [0.29, 0.717) is 5.17 Å². The van der Waals surface area contributed by atoms with Gasteiger partial charge < -0.3 is 10.2 Å². The molecule has 0 saturated carbocycles. The number of rotatable bonds is 2. The largest absolute Gasteiger partial charge is 0.335 e. The van der Waals surface area contributed by atoms with Crippen LogP contribution in [0.1, 0.15) is 18.1 Å². The van der Waals surface area contributed by atoms with Crippen LogP contribution in [0.25, 0.3) is 0 Å². The molecule has 2 N–H and O–H groups in total. The molecule has 0 unspecified atom stereocenters.